The third-order valence-corrected chi connectivity index (χ3v) is 8.66. The van der Waals surface area contributed by atoms with E-state index in [9.17, 15) is 18.0 Å². The van der Waals surface area contributed by atoms with E-state index in [0.29, 0.717) is 39.0 Å². The van der Waals surface area contributed by atoms with Crippen LogP contribution in [-0.2, 0) is 26.2 Å². The Morgan fingerprint density at radius 1 is 1.03 bits per heavy atom. The van der Waals surface area contributed by atoms with Gasteiger partial charge in [-0.1, -0.05) is 74.0 Å². The normalized spacial score (nSPS) is 14.9. The van der Waals surface area contributed by atoms with Crippen LogP contribution in [0.2, 0.25) is 0 Å². The zero-order valence-corrected chi connectivity index (χ0v) is 23.9. The third kappa shape index (κ3) is 8.53. The fourth-order valence-corrected chi connectivity index (χ4v) is 5.85. The maximum absolute atomic E-state index is 13.7. The molecule has 7 nitrogen and oxygen atoms in total. The standard InChI is InChI=1S/C30H41N3O4S/c1-5-38(36,37)32(21-24(2)3)23-30(35)33(22-27-13-11-25(4)12-14-27)28-17-19-31(20-18-28)29(34)16-15-26-9-7-6-8-10-26/h6-16,24,28H,5,17-23H2,1-4H3/b16-15+. The summed E-state index contributed by atoms with van der Waals surface area (Å²) in [4.78, 5) is 30.1. The topological polar surface area (TPSA) is 78.0 Å². The smallest absolute Gasteiger partial charge is 0.246 e. The summed E-state index contributed by atoms with van der Waals surface area (Å²) in [5.41, 5.74) is 3.11. The third-order valence-electron chi connectivity index (χ3n) is 6.87. The quantitative estimate of drug-likeness (QED) is 0.398. The predicted octanol–water partition coefficient (Wildman–Crippen LogP) is 4.34. The van der Waals surface area contributed by atoms with Gasteiger partial charge in [0.1, 0.15) is 0 Å². The number of rotatable bonds is 11. The monoisotopic (exact) mass is 539 g/mol. The van der Waals surface area contributed by atoms with E-state index in [1.807, 2.05) is 91.2 Å². The number of carbonyl (C=O) groups excluding carboxylic acids is 2. The average Bonchev–Trinajstić information content (AvgIpc) is 2.91. The van der Waals surface area contributed by atoms with E-state index < -0.39 is 10.0 Å². The Morgan fingerprint density at radius 3 is 2.24 bits per heavy atom. The van der Waals surface area contributed by atoms with Crippen molar-refractivity contribution in [1.82, 2.24) is 14.1 Å². The highest BCUT2D eigenvalue weighted by Gasteiger charge is 2.32. The molecule has 2 aromatic carbocycles. The van der Waals surface area contributed by atoms with Crippen molar-refractivity contribution in [3.05, 3.63) is 77.4 Å². The Labute approximate surface area is 228 Å². The van der Waals surface area contributed by atoms with E-state index in [1.165, 1.54) is 4.31 Å². The highest BCUT2D eigenvalue weighted by Crippen LogP contribution is 2.21. The number of nitrogens with zero attached hydrogens (tertiary/aromatic N) is 3. The summed E-state index contributed by atoms with van der Waals surface area (Å²) in [5.74, 6) is -0.173. The minimum absolute atomic E-state index is 0.0397. The second-order valence-corrected chi connectivity index (χ2v) is 12.7. The number of piperidine rings is 1. The molecule has 1 heterocycles. The maximum Gasteiger partial charge on any atom is 0.246 e. The molecule has 3 rings (SSSR count). The first kappa shape index (κ1) is 29.6. The minimum atomic E-state index is -3.52. The molecule has 1 aliphatic rings. The largest absolute Gasteiger partial charge is 0.339 e. The van der Waals surface area contributed by atoms with Gasteiger partial charge >= 0.3 is 0 Å². The van der Waals surface area contributed by atoms with Crippen molar-refractivity contribution >= 4 is 27.9 Å². The van der Waals surface area contributed by atoms with Gasteiger partial charge in [-0.2, -0.15) is 4.31 Å². The Balaban J connectivity index is 1.73. The molecule has 2 aromatic rings. The van der Waals surface area contributed by atoms with Gasteiger partial charge < -0.3 is 9.80 Å². The Bertz CT molecular complexity index is 1190. The maximum atomic E-state index is 13.7. The minimum Gasteiger partial charge on any atom is -0.339 e. The first-order valence-corrected chi connectivity index (χ1v) is 15.0. The van der Waals surface area contributed by atoms with Crippen LogP contribution in [0.3, 0.4) is 0 Å². The van der Waals surface area contributed by atoms with Gasteiger partial charge in [-0.15, -0.1) is 0 Å². The molecule has 0 atom stereocenters. The van der Waals surface area contributed by atoms with Gasteiger partial charge in [-0.3, -0.25) is 9.59 Å². The van der Waals surface area contributed by atoms with Crippen LogP contribution in [0.5, 0.6) is 0 Å². The van der Waals surface area contributed by atoms with Crippen LogP contribution in [-0.4, -0.2) is 72.3 Å². The number of benzene rings is 2. The molecule has 0 radical (unpaired) electrons. The Hall–Kier alpha value is -2.97. The predicted molar refractivity (Wildman–Crippen MR) is 153 cm³/mol. The highest BCUT2D eigenvalue weighted by molar-refractivity contribution is 7.89. The summed E-state index contributed by atoms with van der Waals surface area (Å²) in [7, 11) is -3.52. The van der Waals surface area contributed by atoms with E-state index in [2.05, 4.69) is 0 Å². The van der Waals surface area contributed by atoms with E-state index in [0.717, 1.165) is 16.7 Å². The molecule has 206 valence electrons. The number of likely N-dealkylation sites (tertiary alicyclic amines) is 1. The average molecular weight is 540 g/mol. The molecule has 0 saturated carbocycles. The molecule has 8 heteroatoms. The van der Waals surface area contributed by atoms with Crippen LogP contribution in [0.25, 0.3) is 6.08 Å². The number of hydrogen-bond donors (Lipinski definition) is 0. The molecule has 0 bridgehead atoms. The van der Waals surface area contributed by atoms with E-state index >= 15 is 0 Å². The van der Waals surface area contributed by atoms with Gasteiger partial charge in [-0.25, -0.2) is 8.42 Å². The van der Waals surface area contributed by atoms with Crippen molar-refractivity contribution < 1.29 is 18.0 Å². The summed E-state index contributed by atoms with van der Waals surface area (Å²) >= 11 is 0. The molecule has 1 aliphatic heterocycles. The van der Waals surface area contributed by atoms with Crippen LogP contribution in [0.15, 0.2) is 60.7 Å². The van der Waals surface area contributed by atoms with Crippen molar-refractivity contribution in [2.24, 2.45) is 5.92 Å². The van der Waals surface area contributed by atoms with Gasteiger partial charge in [0.25, 0.3) is 0 Å². The lowest BCUT2D eigenvalue weighted by molar-refractivity contribution is -0.136. The number of hydrogen-bond acceptors (Lipinski definition) is 4. The van der Waals surface area contributed by atoms with Crippen molar-refractivity contribution in [3.8, 4) is 0 Å². The molecule has 38 heavy (non-hydrogen) atoms. The van der Waals surface area contributed by atoms with Crippen LogP contribution < -0.4 is 0 Å². The Morgan fingerprint density at radius 2 is 1.66 bits per heavy atom. The fraction of sp³-hybridized carbons (Fsp3) is 0.467. The molecule has 2 amide bonds. The van der Waals surface area contributed by atoms with Crippen molar-refractivity contribution in [2.75, 3.05) is 31.9 Å². The van der Waals surface area contributed by atoms with Gasteiger partial charge in [0.15, 0.2) is 0 Å². The zero-order valence-electron chi connectivity index (χ0n) is 23.0. The zero-order chi connectivity index (χ0) is 27.7. The number of amides is 2. The van der Waals surface area contributed by atoms with Crippen LogP contribution >= 0.6 is 0 Å². The molecular formula is C30H41N3O4S. The van der Waals surface area contributed by atoms with E-state index in [1.54, 1.807) is 13.0 Å². The van der Waals surface area contributed by atoms with Gasteiger partial charge in [0, 0.05) is 38.3 Å². The summed E-state index contributed by atoms with van der Waals surface area (Å²) in [6.45, 7) is 9.17. The van der Waals surface area contributed by atoms with Crippen molar-refractivity contribution in [1.29, 1.82) is 0 Å². The second kappa shape index (κ2) is 13.7. The van der Waals surface area contributed by atoms with Crippen molar-refractivity contribution in [3.63, 3.8) is 0 Å². The second-order valence-electron chi connectivity index (χ2n) is 10.4. The number of sulfonamides is 1. The fourth-order valence-electron chi connectivity index (χ4n) is 4.65. The molecule has 0 aromatic heterocycles. The van der Waals surface area contributed by atoms with Crippen LogP contribution in [0, 0.1) is 12.8 Å². The van der Waals surface area contributed by atoms with Gasteiger partial charge in [0.2, 0.25) is 21.8 Å². The molecule has 0 N–H and O–H groups in total. The SMILES string of the molecule is CCS(=O)(=O)N(CC(=O)N(Cc1ccc(C)cc1)C1CCN(C(=O)/C=C/c2ccccc2)CC1)CC(C)C. The number of aryl methyl sites for hydroxylation is 1. The van der Waals surface area contributed by atoms with Crippen LogP contribution in [0.4, 0.5) is 0 Å². The lowest BCUT2D eigenvalue weighted by Gasteiger charge is -2.39. The molecular weight excluding hydrogens is 498 g/mol. The number of carbonyl (C=O) groups is 2. The summed E-state index contributed by atoms with van der Waals surface area (Å²) in [6, 6.07) is 17.7. The van der Waals surface area contributed by atoms with E-state index in [4.69, 9.17) is 0 Å². The van der Waals surface area contributed by atoms with Crippen LogP contribution in [0.1, 0.15) is 50.3 Å². The summed E-state index contributed by atoms with van der Waals surface area (Å²) in [6.07, 6.45) is 4.71. The van der Waals surface area contributed by atoms with Crippen molar-refractivity contribution in [2.45, 2.75) is 53.1 Å². The first-order valence-electron chi connectivity index (χ1n) is 13.4. The molecule has 1 saturated heterocycles. The lowest BCUT2D eigenvalue weighted by Crippen LogP contribution is -2.51. The lowest BCUT2D eigenvalue weighted by atomic mass is 10.0. The molecule has 1 fully saturated rings. The highest BCUT2D eigenvalue weighted by atomic mass is 32.2. The van der Waals surface area contributed by atoms with E-state index in [-0.39, 0.29) is 36.1 Å². The van der Waals surface area contributed by atoms with Gasteiger partial charge in [0.05, 0.1) is 12.3 Å². The molecule has 0 spiro atoms. The Kier molecular flexibility index (Phi) is 10.7. The summed E-state index contributed by atoms with van der Waals surface area (Å²) < 4.78 is 26.8. The first-order chi connectivity index (χ1) is 18.1. The molecule has 0 unspecified atom stereocenters. The molecule has 0 aliphatic carbocycles. The summed E-state index contributed by atoms with van der Waals surface area (Å²) in [5, 5.41) is 0. The van der Waals surface area contributed by atoms with Gasteiger partial charge in [-0.05, 0) is 49.8 Å².